The molecule has 2 nitrogen and oxygen atoms in total. The predicted molar refractivity (Wildman–Crippen MR) is 85.6 cm³/mol. The van der Waals surface area contributed by atoms with E-state index in [2.05, 4.69) is 10.2 Å². The van der Waals surface area contributed by atoms with Crippen LogP contribution in [0.1, 0.15) is 35.6 Å². The van der Waals surface area contributed by atoms with E-state index >= 15 is 0 Å². The maximum Gasteiger partial charge on any atom is 0.389 e. The van der Waals surface area contributed by atoms with Crippen LogP contribution in [0.25, 0.3) is 0 Å². The number of hydrogen-bond donors (Lipinski definition) is 1. The SMILES string of the molecule is Cc1ccc([C@@H](CCC(F)(F)F)N2CCNCC2)cc1C.Cl. The Morgan fingerprint density at radius 1 is 1.14 bits per heavy atom. The fourth-order valence-corrected chi connectivity index (χ4v) is 2.83. The van der Waals surface area contributed by atoms with Gasteiger partial charge in [0.25, 0.3) is 0 Å². The standard InChI is InChI=1S/C16H23F3N2.ClH/c1-12-3-4-14(11-13(12)2)15(5-6-16(17,18)19)21-9-7-20-8-10-21;/h3-4,11,15,20H,5-10H2,1-2H3;1H/t15-;/m1./s1. The van der Waals surface area contributed by atoms with Gasteiger partial charge >= 0.3 is 6.18 Å². The van der Waals surface area contributed by atoms with E-state index in [0.717, 1.165) is 37.3 Å². The Bertz CT molecular complexity index is 471. The van der Waals surface area contributed by atoms with Crippen molar-refractivity contribution in [3.8, 4) is 0 Å². The second kappa shape index (κ2) is 8.18. The number of rotatable bonds is 4. The van der Waals surface area contributed by atoms with Crippen molar-refractivity contribution < 1.29 is 13.2 Å². The summed E-state index contributed by atoms with van der Waals surface area (Å²) in [5, 5.41) is 3.25. The van der Waals surface area contributed by atoms with Gasteiger partial charge in [-0.05, 0) is 37.0 Å². The lowest BCUT2D eigenvalue weighted by molar-refractivity contribution is -0.138. The number of hydrogen-bond acceptors (Lipinski definition) is 2. The number of alkyl halides is 3. The molecule has 6 heteroatoms. The van der Waals surface area contributed by atoms with Crippen molar-refractivity contribution in [2.45, 2.75) is 38.9 Å². The summed E-state index contributed by atoms with van der Waals surface area (Å²) in [5.41, 5.74) is 3.32. The van der Waals surface area contributed by atoms with Gasteiger partial charge < -0.3 is 5.32 Å². The second-order valence-electron chi connectivity index (χ2n) is 5.80. The van der Waals surface area contributed by atoms with Crippen molar-refractivity contribution in [1.82, 2.24) is 10.2 Å². The first kappa shape index (κ1) is 19.3. The van der Waals surface area contributed by atoms with Crippen molar-refractivity contribution >= 4 is 12.4 Å². The molecule has 0 bridgehead atoms. The van der Waals surface area contributed by atoms with Gasteiger partial charge in [-0.1, -0.05) is 18.2 Å². The molecule has 1 heterocycles. The van der Waals surface area contributed by atoms with E-state index in [-0.39, 0.29) is 24.9 Å². The average molecular weight is 337 g/mol. The van der Waals surface area contributed by atoms with Crippen LogP contribution in [-0.2, 0) is 0 Å². The Morgan fingerprint density at radius 3 is 2.32 bits per heavy atom. The summed E-state index contributed by atoms with van der Waals surface area (Å²) in [6.45, 7) is 7.32. The van der Waals surface area contributed by atoms with Crippen molar-refractivity contribution in [2.24, 2.45) is 0 Å². The Labute approximate surface area is 136 Å². The largest absolute Gasteiger partial charge is 0.389 e. The second-order valence-corrected chi connectivity index (χ2v) is 5.80. The molecule has 0 unspecified atom stereocenters. The highest BCUT2D eigenvalue weighted by Gasteiger charge is 2.31. The molecule has 1 N–H and O–H groups in total. The molecule has 0 aliphatic carbocycles. The van der Waals surface area contributed by atoms with Gasteiger partial charge in [0, 0.05) is 38.6 Å². The first-order valence-corrected chi connectivity index (χ1v) is 7.45. The van der Waals surface area contributed by atoms with Crippen molar-refractivity contribution in [2.75, 3.05) is 26.2 Å². The van der Waals surface area contributed by atoms with Gasteiger partial charge in [-0.25, -0.2) is 0 Å². The molecule has 1 aromatic carbocycles. The number of piperazine rings is 1. The maximum absolute atomic E-state index is 12.6. The molecular weight excluding hydrogens is 313 g/mol. The topological polar surface area (TPSA) is 15.3 Å². The minimum absolute atomic E-state index is 0. The van der Waals surface area contributed by atoms with Crippen LogP contribution in [0.5, 0.6) is 0 Å². The highest BCUT2D eigenvalue weighted by Crippen LogP contribution is 2.32. The minimum atomic E-state index is -4.09. The zero-order chi connectivity index (χ0) is 15.5. The Balaban J connectivity index is 0.00000242. The van der Waals surface area contributed by atoms with Gasteiger partial charge in [0.2, 0.25) is 0 Å². The Morgan fingerprint density at radius 2 is 1.77 bits per heavy atom. The fourth-order valence-electron chi connectivity index (χ4n) is 2.83. The third-order valence-corrected chi connectivity index (χ3v) is 4.21. The van der Waals surface area contributed by atoms with Gasteiger partial charge in [0.15, 0.2) is 0 Å². The lowest BCUT2D eigenvalue weighted by atomic mass is 9.96. The average Bonchev–Trinajstić information content (AvgIpc) is 2.43. The van der Waals surface area contributed by atoms with Crippen LogP contribution in [-0.4, -0.2) is 37.3 Å². The number of nitrogens with one attached hydrogen (secondary N) is 1. The van der Waals surface area contributed by atoms with E-state index in [1.54, 1.807) is 0 Å². The number of halogens is 4. The molecule has 1 saturated heterocycles. The van der Waals surface area contributed by atoms with Crippen LogP contribution in [0, 0.1) is 13.8 Å². The van der Waals surface area contributed by atoms with Crippen molar-refractivity contribution in [3.63, 3.8) is 0 Å². The molecule has 0 spiro atoms. The van der Waals surface area contributed by atoms with E-state index in [9.17, 15) is 13.2 Å². The lowest BCUT2D eigenvalue weighted by Crippen LogP contribution is -2.45. The molecule has 1 aromatic rings. The van der Waals surface area contributed by atoms with Crippen molar-refractivity contribution in [1.29, 1.82) is 0 Å². The molecule has 0 radical (unpaired) electrons. The summed E-state index contributed by atoms with van der Waals surface area (Å²) in [7, 11) is 0. The zero-order valence-electron chi connectivity index (χ0n) is 13.0. The highest BCUT2D eigenvalue weighted by atomic mass is 35.5. The maximum atomic E-state index is 12.6. The third-order valence-electron chi connectivity index (χ3n) is 4.21. The minimum Gasteiger partial charge on any atom is -0.314 e. The Kier molecular flexibility index (Phi) is 7.16. The Hall–Kier alpha value is -0.780. The van der Waals surface area contributed by atoms with E-state index < -0.39 is 12.6 Å². The fraction of sp³-hybridized carbons (Fsp3) is 0.625. The summed E-state index contributed by atoms with van der Waals surface area (Å²) in [6.07, 6.45) is -4.69. The molecule has 0 saturated carbocycles. The number of nitrogens with zero attached hydrogens (tertiary/aromatic N) is 1. The molecule has 2 rings (SSSR count). The molecule has 126 valence electrons. The normalized spacial score (nSPS) is 17.9. The number of aryl methyl sites for hydroxylation is 2. The van der Waals surface area contributed by atoms with Crippen LogP contribution >= 0.6 is 12.4 Å². The summed E-state index contributed by atoms with van der Waals surface area (Å²) in [4.78, 5) is 2.17. The molecule has 22 heavy (non-hydrogen) atoms. The molecular formula is C16H24ClF3N2. The third kappa shape index (κ3) is 5.45. The lowest BCUT2D eigenvalue weighted by Gasteiger charge is -2.35. The first-order valence-electron chi connectivity index (χ1n) is 7.45. The van der Waals surface area contributed by atoms with E-state index in [4.69, 9.17) is 0 Å². The van der Waals surface area contributed by atoms with E-state index in [1.807, 2.05) is 32.0 Å². The summed E-state index contributed by atoms with van der Waals surface area (Å²) in [5.74, 6) is 0. The van der Waals surface area contributed by atoms with Gasteiger partial charge in [-0.2, -0.15) is 13.2 Å². The van der Waals surface area contributed by atoms with Crippen LogP contribution in [0.15, 0.2) is 18.2 Å². The van der Waals surface area contributed by atoms with E-state index in [0.29, 0.717) is 0 Å². The first-order chi connectivity index (χ1) is 9.87. The van der Waals surface area contributed by atoms with Crippen LogP contribution in [0.3, 0.4) is 0 Å². The van der Waals surface area contributed by atoms with E-state index in [1.165, 1.54) is 5.56 Å². The van der Waals surface area contributed by atoms with Gasteiger partial charge in [-0.15, -0.1) is 12.4 Å². The highest BCUT2D eigenvalue weighted by molar-refractivity contribution is 5.85. The zero-order valence-corrected chi connectivity index (χ0v) is 13.9. The van der Waals surface area contributed by atoms with Crippen LogP contribution < -0.4 is 5.32 Å². The molecule has 0 aromatic heterocycles. The summed E-state index contributed by atoms with van der Waals surface area (Å²) < 4.78 is 37.8. The molecule has 1 aliphatic rings. The van der Waals surface area contributed by atoms with Gasteiger partial charge in [0.05, 0.1) is 0 Å². The quantitative estimate of drug-likeness (QED) is 0.893. The predicted octanol–water partition coefficient (Wildman–Crippen LogP) is 4.01. The van der Waals surface area contributed by atoms with Gasteiger partial charge in [-0.3, -0.25) is 4.90 Å². The molecule has 1 aliphatic heterocycles. The van der Waals surface area contributed by atoms with Crippen LogP contribution in [0.2, 0.25) is 0 Å². The number of benzene rings is 1. The van der Waals surface area contributed by atoms with Crippen LogP contribution in [0.4, 0.5) is 13.2 Å². The molecule has 1 fully saturated rings. The smallest absolute Gasteiger partial charge is 0.314 e. The summed E-state index contributed by atoms with van der Waals surface area (Å²) in [6, 6.07) is 5.88. The van der Waals surface area contributed by atoms with Gasteiger partial charge in [0.1, 0.15) is 0 Å². The molecule has 0 amide bonds. The van der Waals surface area contributed by atoms with Crippen molar-refractivity contribution in [3.05, 3.63) is 34.9 Å². The molecule has 1 atom stereocenters. The monoisotopic (exact) mass is 336 g/mol. The summed E-state index contributed by atoms with van der Waals surface area (Å²) >= 11 is 0.